The summed E-state index contributed by atoms with van der Waals surface area (Å²) in [4.78, 5) is 0. The summed E-state index contributed by atoms with van der Waals surface area (Å²) in [6.45, 7) is 2.90. The van der Waals surface area contributed by atoms with Crippen LogP contribution in [0.2, 0.25) is 0 Å². The van der Waals surface area contributed by atoms with E-state index in [0.717, 1.165) is 31.1 Å². The van der Waals surface area contributed by atoms with Gasteiger partial charge in [0.1, 0.15) is 5.75 Å². The standard InChI is InChI=1S/C16H25NO/c1-2-10-18-15-9-5-8-14(12-15)16(17)11-13-6-3-4-7-13/h5,8-9,12-13,16H,2-4,6-7,10-11,17H2,1H3. The van der Waals surface area contributed by atoms with Crippen LogP contribution in [0.25, 0.3) is 0 Å². The van der Waals surface area contributed by atoms with Crippen molar-refractivity contribution in [3.05, 3.63) is 29.8 Å². The highest BCUT2D eigenvalue weighted by molar-refractivity contribution is 5.30. The van der Waals surface area contributed by atoms with E-state index in [4.69, 9.17) is 10.5 Å². The summed E-state index contributed by atoms with van der Waals surface area (Å²) in [5, 5.41) is 0. The molecule has 2 N–H and O–H groups in total. The van der Waals surface area contributed by atoms with E-state index in [1.54, 1.807) is 0 Å². The van der Waals surface area contributed by atoms with Crippen LogP contribution in [-0.2, 0) is 0 Å². The second kappa shape index (κ2) is 6.79. The summed E-state index contributed by atoms with van der Waals surface area (Å²) in [5.74, 6) is 1.79. The van der Waals surface area contributed by atoms with E-state index < -0.39 is 0 Å². The SMILES string of the molecule is CCCOc1cccc(C(N)CC2CCCC2)c1. The fourth-order valence-corrected chi connectivity index (χ4v) is 2.80. The molecule has 2 nitrogen and oxygen atoms in total. The van der Waals surface area contributed by atoms with E-state index >= 15 is 0 Å². The molecule has 0 spiro atoms. The second-order valence-electron chi connectivity index (χ2n) is 5.41. The lowest BCUT2D eigenvalue weighted by Crippen LogP contribution is -2.14. The highest BCUT2D eigenvalue weighted by atomic mass is 16.5. The number of rotatable bonds is 6. The summed E-state index contributed by atoms with van der Waals surface area (Å²) in [6, 6.07) is 8.46. The van der Waals surface area contributed by atoms with Crippen molar-refractivity contribution in [2.45, 2.75) is 51.5 Å². The van der Waals surface area contributed by atoms with Gasteiger partial charge < -0.3 is 10.5 Å². The van der Waals surface area contributed by atoms with Crippen LogP contribution in [0, 0.1) is 5.92 Å². The number of ether oxygens (including phenoxy) is 1. The highest BCUT2D eigenvalue weighted by Gasteiger charge is 2.19. The third kappa shape index (κ3) is 3.74. The van der Waals surface area contributed by atoms with Crippen molar-refractivity contribution in [3.8, 4) is 5.75 Å². The van der Waals surface area contributed by atoms with Gasteiger partial charge in [-0.05, 0) is 36.5 Å². The van der Waals surface area contributed by atoms with Gasteiger partial charge in [-0.3, -0.25) is 0 Å². The molecule has 0 aliphatic heterocycles. The maximum absolute atomic E-state index is 6.32. The van der Waals surface area contributed by atoms with Crippen molar-refractivity contribution >= 4 is 0 Å². The Hall–Kier alpha value is -1.02. The quantitative estimate of drug-likeness (QED) is 0.823. The molecular formula is C16H25NO. The van der Waals surface area contributed by atoms with Crippen molar-refractivity contribution < 1.29 is 4.74 Å². The normalized spacial score (nSPS) is 17.9. The minimum Gasteiger partial charge on any atom is -0.494 e. The molecule has 1 aliphatic rings. The predicted octanol–water partition coefficient (Wildman–Crippen LogP) is 4.06. The molecule has 2 rings (SSSR count). The Morgan fingerprint density at radius 1 is 1.33 bits per heavy atom. The average molecular weight is 247 g/mol. The maximum Gasteiger partial charge on any atom is 0.119 e. The Kier molecular flexibility index (Phi) is 5.06. The minimum absolute atomic E-state index is 0.165. The predicted molar refractivity (Wildman–Crippen MR) is 75.7 cm³/mol. The molecule has 0 bridgehead atoms. The molecule has 2 heteroatoms. The lowest BCUT2D eigenvalue weighted by molar-refractivity contribution is 0.316. The number of nitrogens with two attached hydrogens (primary N) is 1. The van der Waals surface area contributed by atoms with E-state index in [1.807, 2.05) is 6.07 Å². The van der Waals surface area contributed by atoms with E-state index in [0.29, 0.717) is 0 Å². The molecule has 1 aromatic carbocycles. The van der Waals surface area contributed by atoms with Gasteiger partial charge in [-0.2, -0.15) is 0 Å². The van der Waals surface area contributed by atoms with Crippen LogP contribution < -0.4 is 10.5 Å². The molecule has 100 valence electrons. The third-order valence-corrected chi connectivity index (χ3v) is 3.82. The van der Waals surface area contributed by atoms with Gasteiger partial charge >= 0.3 is 0 Å². The maximum atomic E-state index is 6.32. The Morgan fingerprint density at radius 3 is 2.83 bits per heavy atom. The molecule has 1 aliphatic carbocycles. The highest BCUT2D eigenvalue weighted by Crippen LogP contribution is 2.32. The fourth-order valence-electron chi connectivity index (χ4n) is 2.80. The minimum atomic E-state index is 0.165. The number of benzene rings is 1. The molecule has 1 atom stereocenters. The summed E-state index contributed by atoms with van der Waals surface area (Å²) in [6.07, 6.45) is 7.66. The van der Waals surface area contributed by atoms with Crippen molar-refractivity contribution in [1.29, 1.82) is 0 Å². The van der Waals surface area contributed by atoms with Crippen LogP contribution in [0.4, 0.5) is 0 Å². The molecule has 0 heterocycles. The van der Waals surface area contributed by atoms with Gasteiger partial charge in [0.2, 0.25) is 0 Å². The van der Waals surface area contributed by atoms with Crippen molar-refractivity contribution in [1.82, 2.24) is 0 Å². The van der Waals surface area contributed by atoms with E-state index in [2.05, 4.69) is 25.1 Å². The van der Waals surface area contributed by atoms with Crippen molar-refractivity contribution in [2.75, 3.05) is 6.61 Å². The molecule has 1 saturated carbocycles. The monoisotopic (exact) mass is 247 g/mol. The molecular weight excluding hydrogens is 222 g/mol. The Bertz CT molecular complexity index is 358. The summed E-state index contributed by atoms with van der Waals surface area (Å²) in [7, 11) is 0. The molecule has 0 aromatic heterocycles. The largest absolute Gasteiger partial charge is 0.494 e. The van der Waals surface area contributed by atoms with Gasteiger partial charge in [0, 0.05) is 6.04 Å². The first-order chi connectivity index (χ1) is 8.79. The van der Waals surface area contributed by atoms with Gasteiger partial charge in [-0.15, -0.1) is 0 Å². The fraction of sp³-hybridized carbons (Fsp3) is 0.625. The summed E-state index contributed by atoms with van der Waals surface area (Å²) in [5.41, 5.74) is 7.53. The van der Waals surface area contributed by atoms with Gasteiger partial charge in [-0.25, -0.2) is 0 Å². The first-order valence-corrected chi connectivity index (χ1v) is 7.28. The van der Waals surface area contributed by atoms with E-state index in [1.165, 1.54) is 31.2 Å². The molecule has 1 aromatic rings. The first kappa shape index (κ1) is 13.4. The molecule has 1 unspecified atom stereocenters. The molecule has 0 amide bonds. The van der Waals surface area contributed by atoms with E-state index in [9.17, 15) is 0 Å². The zero-order valence-corrected chi connectivity index (χ0v) is 11.4. The van der Waals surface area contributed by atoms with Crippen LogP contribution in [0.15, 0.2) is 24.3 Å². The Labute approximate surface area is 111 Å². The van der Waals surface area contributed by atoms with E-state index in [-0.39, 0.29) is 6.04 Å². The molecule has 1 fully saturated rings. The topological polar surface area (TPSA) is 35.2 Å². The zero-order valence-electron chi connectivity index (χ0n) is 11.4. The lowest BCUT2D eigenvalue weighted by atomic mass is 9.94. The Morgan fingerprint density at radius 2 is 2.11 bits per heavy atom. The number of hydrogen-bond donors (Lipinski definition) is 1. The van der Waals surface area contributed by atoms with Crippen LogP contribution in [0.1, 0.15) is 57.1 Å². The Balaban J connectivity index is 1.93. The first-order valence-electron chi connectivity index (χ1n) is 7.28. The van der Waals surface area contributed by atoms with Crippen LogP contribution >= 0.6 is 0 Å². The lowest BCUT2D eigenvalue weighted by Gasteiger charge is -2.17. The summed E-state index contributed by atoms with van der Waals surface area (Å²) >= 11 is 0. The number of hydrogen-bond acceptors (Lipinski definition) is 2. The van der Waals surface area contributed by atoms with Crippen LogP contribution in [-0.4, -0.2) is 6.61 Å². The second-order valence-corrected chi connectivity index (χ2v) is 5.41. The summed E-state index contributed by atoms with van der Waals surface area (Å²) < 4.78 is 5.66. The van der Waals surface area contributed by atoms with Gasteiger partial charge in [0.15, 0.2) is 0 Å². The molecule has 0 radical (unpaired) electrons. The van der Waals surface area contributed by atoms with Gasteiger partial charge in [-0.1, -0.05) is 44.7 Å². The smallest absolute Gasteiger partial charge is 0.119 e. The zero-order chi connectivity index (χ0) is 12.8. The third-order valence-electron chi connectivity index (χ3n) is 3.82. The van der Waals surface area contributed by atoms with Gasteiger partial charge in [0.25, 0.3) is 0 Å². The van der Waals surface area contributed by atoms with Gasteiger partial charge in [0.05, 0.1) is 6.61 Å². The molecule has 0 saturated heterocycles. The molecule has 18 heavy (non-hydrogen) atoms. The van der Waals surface area contributed by atoms with Crippen molar-refractivity contribution in [3.63, 3.8) is 0 Å². The van der Waals surface area contributed by atoms with Crippen molar-refractivity contribution in [2.24, 2.45) is 11.7 Å². The van der Waals surface area contributed by atoms with Crippen LogP contribution in [0.5, 0.6) is 5.75 Å². The average Bonchev–Trinajstić information content (AvgIpc) is 2.89. The van der Waals surface area contributed by atoms with Crippen LogP contribution in [0.3, 0.4) is 0 Å².